The molecule has 1 aliphatic rings. The number of ether oxygens (including phenoxy) is 3. The molecule has 0 aromatic heterocycles. The number of alkyl halides is 2. The lowest BCUT2D eigenvalue weighted by Crippen LogP contribution is -2.58. The fourth-order valence-electron chi connectivity index (χ4n) is 5.04. The molecule has 6 atom stereocenters. The molecule has 10 heteroatoms. The van der Waals surface area contributed by atoms with Crippen molar-refractivity contribution in [1.29, 1.82) is 0 Å². The first-order chi connectivity index (χ1) is 18.2. The van der Waals surface area contributed by atoms with E-state index in [1.807, 2.05) is 27.7 Å². The molecule has 1 aromatic rings. The minimum absolute atomic E-state index is 0.0316. The number of nitrogens with one attached hydrogen (secondary N) is 1. The van der Waals surface area contributed by atoms with Crippen molar-refractivity contribution in [2.75, 3.05) is 5.32 Å². The Kier molecular flexibility index (Phi) is 11.6. The zero-order chi connectivity index (χ0) is 29.5. The first-order valence-corrected chi connectivity index (χ1v) is 13.5. The Labute approximate surface area is 229 Å². The van der Waals surface area contributed by atoms with E-state index < -0.39 is 47.6 Å². The van der Waals surface area contributed by atoms with Crippen molar-refractivity contribution >= 4 is 29.1 Å². The van der Waals surface area contributed by atoms with Crippen molar-refractivity contribution in [3.63, 3.8) is 0 Å². The fraction of sp³-hybridized carbons (Fsp3) is 0.655. The minimum atomic E-state index is -2.96. The number of hydrogen-bond donors (Lipinski definition) is 1. The normalized spacial score (nSPS) is 24.5. The first-order valence-electron chi connectivity index (χ1n) is 13.5. The number of benzene rings is 1. The van der Waals surface area contributed by atoms with E-state index in [0.29, 0.717) is 12.8 Å². The Balaban J connectivity index is 2.35. The van der Waals surface area contributed by atoms with Crippen LogP contribution in [0, 0.1) is 17.8 Å². The molecule has 0 spiro atoms. The van der Waals surface area contributed by atoms with Gasteiger partial charge < -0.3 is 24.3 Å². The number of esters is 1. The number of Topliss-reactive ketones (excluding diaryl/α,β-unsaturated/α-hetero) is 2. The van der Waals surface area contributed by atoms with Gasteiger partial charge in [0.25, 0.3) is 12.2 Å². The van der Waals surface area contributed by atoms with Gasteiger partial charge in [0.05, 0.1) is 11.7 Å². The number of rotatable bonds is 13. The van der Waals surface area contributed by atoms with E-state index in [0.717, 1.165) is 6.07 Å². The third-order valence-electron chi connectivity index (χ3n) is 7.43. The van der Waals surface area contributed by atoms with E-state index >= 15 is 0 Å². The number of carbonyl (C=O) groups is 4. The van der Waals surface area contributed by atoms with Crippen LogP contribution in [0.25, 0.3) is 0 Å². The van der Waals surface area contributed by atoms with Crippen LogP contribution in [0.1, 0.15) is 92.6 Å². The van der Waals surface area contributed by atoms with E-state index in [4.69, 9.17) is 14.2 Å². The van der Waals surface area contributed by atoms with Crippen molar-refractivity contribution < 1.29 is 42.2 Å². The third kappa shape index (κ3) is 8.55. The van der Waals surface area contributed by atoms with Crippen molar-refractivity contribution in [3.8, 4) is 5.75 Å². The van der Waals surface area contributed by atoms with Gasteiger partial charge in [0.15, 0.2) is 0 Å². The van der Waals surface area contributed by atoms with Crippen LogP contribution >= 0.6 is 0 Å². The molecule has 218 valence electrons. The Hall–Kier alpha value is -2.88. The summed E-state index contributed by atoms with van der Waals surface area (Å²) < 4.78 is 46.1. The Morgan fingerprint density at radius 3 is 2.33 bits per heavy atom. The number of anilines is 1. The average molecular weight is 554 g/mol. The number of halogens is 2. The van der Waals surface area contributed by atoms with Gasteiger partial charge in [0.1, 0.15) is 17.6 Å². The quantitative estimate of drug-likeness (QED) is 0.297. The number of carbonyl (C=O) groups excluding carboxylic acids is 4. The van der Waals surface area contributed by atoms with E-state index in [9.17, 15) is 28.0 Å². The molecule has 1 saturated heterocycles. The molecule has 1 fully saturated rings. The molecule has 1 heterocycles. The van der Waals surface area contributed by atoms with Crippen molar-refractivity contribution in [2.45, 2.75) is 105 Å². The van der Waals surface area contributed by atoms with Crippen molar-refractivity contribution in [3.05, 3.63) is 23.8 Å². The van der Waals surface area contributed by atoms with Gasteiger partial charge in [-0.15, -0.1) is 0 Å². The molecule has 39 heavy (non-hydrogen) atoms. The molecular weight excluding hydrogens is 512 g/mol. The summed E-state index contributed by atoms with van der Waals surface area (Å²) in [5.41, 5.74) is -0.351. The summed E-state index contributed by atoms with van der Waals surface area (Å²) in [5.74, 6) is -3.78. The topological polar surface area (TPSA) is 108 Å². The summed E-state index contributed by atoms with van der Waals surface area (Å²) in [6.45, 7) is 11.7. The van der Waals surface area contributed by atoms with Crippen LogP contribution in [0.2, 0.25) is 0 Å². The molecule has 0 saturated carbocycles. The molecule has 0 aliphatic carbocycles. The lowest BCUT2D eigenvalue weighted by Gasteiger charge is -2.48. The maximum Gasteiger partial charge on any atom is 0.302 e. The third-order valence-corrected chi connectivity index (χ3v) is 7.43. The van der Waals surface area contributed by atoms with Gasteiger partial charge in [-0.1, -0.05) is 27.7 Å². The molecule has 2 rings (SSSR count). The highest BCUT2D eigenvalue weighted by atomic mass is 19.3. The van der Waals surface area contributed by atoms with Crippen LogP contribution in [0.15, 0.2) is 18.2 Å². The van der Waals surface area contributed by atoms with Gasteiger partial charge in [0, 0.05) is 44.7 Å². The summed E-state index contributed by atoms with van der Waals surface area (Å²) >= 11 is 0. The van der Waals surface area contributed by atoms with Crippen LogP contribution in [0.3, 0.4) is 0 Å². The molecular formula is C29H41F2NO7. The number of hydrogen-bond acceptors (Lipinski definition) is 7. The maximum absolute atomic E-state index is 14.1. The summed E-state index contributed by atoms with van der Waals surface area (Å²) in [5, 5.41) is 2.56. The van der Waals surface area contributed by atoms with Crippen LogP contribution in [0.4, 0.5) is 14.5 Å². The number of amides is 1. The van der Waals surface area contributed by atoms with Gasteiger partial charge in [-0.25, -0.2) is 8.78 Å². The zero-order valence-corrected chi connectivity index (χ0v) is 23.8. The largest absolute Gasteiger partial charge is 0.462 e. The summed E-state index contributed by atoms with van der Waals surface area (Å²) in [6.07, 6.45) is -2.60. The average Bonchev–Trinajstić information content (AvgIpc) is 2.84. The summed E-state index contributed by atoms with van der Waals surface area (Å²) in [6, 6.07) is 3.82. The van der Waals surface area contributed by atoms with Gasteiger partial charge >= 0.3 is 5.97 Å². The monoisotopic (exact) mass is 553 g/mol. The molecule has 1 N–H and O–H groups in total. The van der Waals surface area contributed by atoms with Crippen LogP contribution in [-0.4, -0.2) is 41.4 Å². The van der Waals surface area contributed by atoms with Crippen LogP contribution in [-0.2, 0) is 28.7 Å². The lowest BCUT2D eigenvalue weighted by molar-refractivity contribution is -0.264. The molecule has 8 nitrogen and oxygen atoms in total. The predicted molar refractivity (Wildman–Crippen MR) is 141 cm³/mol. The second-order valence-corrected chi connectivity index (χ2v) is 10.6. The molecule has 1 aliphatic heterocycles. The summed E-state index contributed by atoms with van der Waals surface area (Å²) in [4.78, 5) is 47.9. The second-order valence-electron chi connectivity index (χ2n) is 10.6. The molecule has 0 radical (unpaired) electrons. The fourth-order valence-corrected chi connectivity index (χ4v) is 5.04. The molecule has 2 unspecified atom stereocenters. The minimum Gasteiger partial charge on any atom is -0.462 e. The second kappa shape index (κ2) is 14.0. The van der Waals surface area contributed by atoms with Gasteiger partial charge in [0.2, 0.25) is 11.7 Å². The zero-order valence-electron chi connectivity index (χ0n) is 23.8. The standard InChI is InChI=1S/C29H41F2NO7/c1-8-24(37-21(7)35)19(5)27-18(4)16(2)15-29(39-27,20(6)34)38-25-13-12-22(14-23(25)28(30)31)32-26(36)11-9-10-17(3)33/h12-14,16,18-19,24,27-28H,8-11,15H2,1-7H3,(H,32,36)/t16?,18-,19-,24-,27?,29-/m1/s1. The SMILES string of the molecule is CC[C@@H](OC(C)=O)[C@@H](C)C1O[C@@](Oc2ccc(NC(=O)CCCC(C)=O)cc2C(F)F)(C(C)=O)CC(C)[C@H]1C. The Morgan fingerprint density at radius 2 is 1.79 bits per heavy atom. The number of ketones is 2. The van der Waals surface area contributed by atoms with E-state index in [-0.39, 0.29) is 54.2 Å². The van der Waals surface area contributed by atoms with Gasteiger partial charge in [-0.05, 0) is 49.8 Å². The highest BCUT2D eigenvalue weighted by Crippen LogP contribution is 2.44. The van der Waals surface area contributed by atoms with E-state index in [1.165, 1.54) is 32.9 Å². The Bertz CT molecular complexity index is 1050. The maximum atomic E-state index is 14.1. The van der Waals surface area contributed by atoms with Crippen LogP contribution in [0.5, 0.6) is 5.75 Å². The first kappa shape index (κ1) is 32.3. The van der Waals surface area contributed by atoms with Crippen molar-refractivity contribution in [2.24, 2.45) is 17.8 Å². The molecule has 1 aromatic carbocycles. The van der Waals surface area contributed by atoms with E-state index in [2.05, 4.69) is 5.32 Å². The smallest absolute Gasteiger partial charge is 0.302 e. The lowest BCUT2D eigenvalue weighted by atomic mass is 9.75. The van der Waals surface area contributed by atoms with Gasteiger partial charge in [-0.2, -0.15) is 0 Å². The van der Waals surface area contributed by atoms with Crippen molar-refractivity contribution in [1.82, 2.24) is 0 Å². The summed E-state index contributed by atoms with van der Waals surface area (Å²) in [7, 11) is 0. The van der Waals surface area contributed by atoms with Gasteiger partial charge in [-0.3, -0.25) is 14.4 Å². The van der Waals surface area contributed by atoms with E-state index in [1.54, 1.807) is 0 Å². The van der Waals surface area contributed by atoms with Crippen LogP contribution < -0.4 is 10.1 Å². The Morgan fingerprint density at radius 1 is 1.13 bits per heavy atom. The highest BCUT2D eigenvalue weighted by molar-refractivity contribution is 5.91. The molecule has 1 amide bonds. The molecule has 0 bridgehead atoms. The highest BCUT2D eigenvalue weighted by Gasteiger charge is 2.52. The predicted octanol–water partition coefficient (Wildman–Crippen LogP) is 6.03.